The number of carboxylic acid groups (broad SMARTS) is 1. The molecule has 0 radical (unpaired) electrons. The van der Waals surface area contributed by atoms with E-state index in [0.29, 0.717) is 30.8 Å². The monoisotopic (exact) mass is 429 g/mol. The molecule has 32 heavy (non-hydrogen) atoms. The van der Waals surface area contributed by atoms with E-state index in [4.69, 9.17) is 5.11 Å². The second-order valence-corrected chi connectivity index (χ2v) is 7.38. The number of unbranched alkanes of at least 4 members (excludes halogenated alkanes) is 1. The van der Waals surface area contributed by atoms with Crippen molar-refractivity contribution in [1.29, 1.82) is 0 Å². The fourth-order valence-electron chi connectivity index (χ4n) is 3.43. The Morgan fingerprint density at radius 2 is 1.88 bits per heavy atom. The van der Waals surface area contributed by atoms with Gasteiger partial charge in [-0.05, 0) is 49.1 Å². The molecule has 0 aliphatic heterocycles. The topological polar surface area (TPSA) is 113 Å². The van der Waals surface area contributed by atoms with Gasteiger partial charge in [0.1, 0.15) is 0 Å². The van der Waals surface area contributed by atoms with Crippen LogP contribution in [0, 0.1) is 0 Å². The number of carbonyl (C=O) groups is 2. The van der Waals surface area contributed by atoms with Gasteiger partial charge < -0.3 is 5.11 Å². The number of carbonyl (C=O) groups excluding carboxylic acids is 1. The third kappa shape index (κ3) is 5.10. The third-order valence-electron chi connectivity index (χ3n) is 5.05. The molecule has 0 atom stereocenters. The molecule has 0 aliphatic rings. The van der Waals surface area contributed by atoms with Gasteiger partial charge in [0.25, 0.3) is 5.91 Å². The summed E-state index contributed by atoms with van der Waals surface area (Å²) < 4.78 is 1.84. The summed E-state index contributed by atoms with van der Waals surface area (Å²) in [4.78, 5) is 28.4. The molecule has 2 aromatic heterocycles. The van der Waals surface area contributed by atoms with Crippen molar-refractivity contribution in [3.05, 3.63) is 84.4 Å². The first-order valence-corrected chi connectivity index (χ1v) is 10.4. The van der Waals surface area contributed by atoms with Gasteiger partial charge >= 0.3 is 5.97 Å². The molecule has 0 saturated heterocycles. The lowest BCUT2D eigenvalue weighted by molar-refractivity contribution is -0.137. The van der Waals surface area contributed by atoms with E-state index in [1.54, 1.807) is 18.5 Å². The molecule has 1 amide bonds. The average molecular weight is 429 g/mol. The van der Waals surface area contributed by atoms with Crippen LogP contribution in [-0.2, 0) is 11.2 Å². The van der Waals surface area contributed by atoms with E-state index in [0.717, 1.165) is 22.5 Å². The molecule has 4 rings (SSSR count). The van der Waals surface area contributed by atoms with E-state index < -0.39 is 5.97 Å². The number of anilines is 1. The molecule has 8 heteroatoms. The zero-order chi connectivity index (χ0) is 22.3. The highest BCUT2D eigenvalue weighted by Crippen LogP contribution is 2.22. The number of benzene rings is 2. The number of aromatic nitrogens is 4. The van der Waals surface area contributed by atoms with Crippen LogP contribution in [0.2, 0.25) is 0 Å². The maximum absolute atomic E-state index is 13.0. The van der Waals surface area contributed by atoms with Crippen LogP contribution < -0.4 is 5.32 Å². The van der Waals surface area contributed by atoms with Crippen LogP contribution in [0.25, 0.3) is 16.8 Å². The Morgan fingerprint density at radius 3 is 2.62 bits per heavy atom. The molecule has 0 bridgehead atoms. The van der Waals surface area contributed by atoms with Gasteiger partial charge in [0.05, 0.1) is 11.9 Å². The number of rotatable bonds is 9. The number of hydrogen-bond donors (Lipinski definition) is 3. The van der Waals surface area contributed by atoms with Crippen molar-refractivity contribution in [2.24, 2.45) is 0 Å². The molecule has 0 spiro atoms. The molecule has 162 valence electrons. The second kappa shape index (κ2) is 9.74. The summed E-state index contributed by atoms with van der Waals surface area (Å²) >= 11 is 0. The number of hydrogen-bond acceptors (Lipinski definition) is 4. The van der Waals surface area contributed by atoms with Crippen LogP contribution in [0.3, 0.4) is 0 Å². The number of amides is 1. The van der Waals surface area contributed by atoms with Gasteiger partial charge in [0.15, 0.2) is 0 Å². The minimum Gasteiger partial charge on any atom is -0.481 e. The van der Waals surface area contributed by atoms with Crippen molar-refractivity contribution < 1.29 is 14.7 Å². The van der Waals surface area contributed by atoms with Crippen LogP contribution in [0.5, 0.6) is 0 Å². The maximum Gasteiger partial charge on any atom is 0.303 e. The van der Waals surface area contributed by atoms with Crippen LogP contribution in [0.4, 0.5) is 5.95 Å². The number of carboxylic acids is 1. The Labute approximate surface area is 184 Å². The molecule has 2 heterocycles. The highest BCUT2D eigenvalue weighted by molar-refractivity contribution is 6.04. The molecule has 3 N–H and O–H groups in total. The summed E-state index contributed by atoms with van der Waals surface area (Å²) in [6.07, 6.45) is 7.41. The van der Waals surface area contributed by atoms with Gasteiger partial charge in [-0.15, -0.1) is 0 Å². The SMILES string of the molecule is O=C(O)CCCCc1cn(-c2ccccc2)c(NC(=O)c2cccc(-c3cn[nH]c3)c2)n1. The van der Waals surface area contributed by atoms with Crippen LogP contribution in [0.1, 0.15) is 35.3 Å². The van der Waals surface area contributed by atoms with E-state index in [1.165, 1.54) is 0 Å². The van der Waals surface area contributed by atoms with Gasteiger partial charge in [0.2, 0.25) is 5.95 Å². The molecule has 0 unspecified atom stereocenters. The largest absolute Gasteiger partial charge is 0.481 e. The molecule has 8 nitrogen and oxygen atoms in total. The van der Waals surface area contributed by atoms with Gasteiger partial charge in [-0.25, -0.2) is 4.98 Å². The number of nitrogens with zero attached hydrogens (tertiary/aromatic N) is 3. The summed E-state index contributed by atoms with van der Waals surface area (Å²) in [7, 11) is 0. The number of aryl methyl sites for hydroxylation is 1. The number of H-pyrrole nitrogens is 1. The predicted octanol–water partition coefficient (Wildman–Crippen LogP) is 4.31. The van der Waals surface area contributed by atoms with E-state index >= 15 is 0 Å². The van der Waals surface area contributed by atoms with Crippen molar-refractivity contribution in [3.63, 3.8) is 0 Å². The van der Waals surface area contributed by atoms with Gasteiger partial charge in [-0.2, -0.15) is 5.10 Å². The quantitative estimate of drug-likeness (QED) is 0.343. The van der Waals surface area contributed by atoms with E-state index in [9.17, 15) is 9.59 Å². The smallest absolute Gasteiger partial charge is 0.303 e. The summed E-state index contributed by atoms with van der Waals surface area (Å²) in [6.45, 7) is 0. The number of para-hydroxylation sites is 1. The van der Waals surface area contributed by atoms with Crippen LogP contribution in [0.15, 0.2) is 73.2 Å². The van der Waals surface area contributed by atoms with E-state index in [2.05, 4.69) is 20.5 Å². The van der Waals surface area contributed by atoms with Crippen molar-refractivity contribution in [2.75, 3.05) is 5.32 Å². The summed E-state index contributed by atoms with van der Waals surface area (Å²) in [6, 6.07) is 16.9. The highest BCUT2D eigenvalue weighted by atomic mass is 16.4. The van der Waals surface area contributed by atoms with Gasteiger partial charge in [-0.3, -0.25) is 24.6 Å². The lowest BCUT2D eigenvalue weighted by Crippen LogP contribution is -2.15. The zero-order valence-electron chi connectivity index (χ0n) is 17.4. The molecule has 2 aromatic carbocycles. The standard InChI is InChI=1S/C24H23N5O3/c30-22(31)12-5-4-9-20-16-29(21-10-2-1-3-11-21)24(27-20)28-23(32)18-8-6-7-17(13-18)19-14-25-26-15-19/h1-3,6-8,10-11,13-16H,4-5,9,12H2,(H,25,26)(H,30,31)(H,27,28,32). The molecular formula is C24H23N5O3. The minimum absolute atomic E-state index is 0.135. The zero-order valence-corrected chi connectivity index (χ0v) is 17.4. The first-order chi connectivity index (χ1) is 15.6. The summed E-state index contributed by atoms with van der Waals surface area (Å²) in [5.74, 6) is -0.649. The Balaban J connectivity index is 1.56. The first kappa shape index (κ1) is 21.0. The molecule has 0 fully saturated rings. The van der Waals surface area contributed by atoms with Crippen molar-refractivity contribution >= 4 is 17.8 Å². The van der Waals surface area contributed by atoms with E-state index in [1.807, 2.05) is 59.3 Å². The maximum atomic E-state index is 13.0. The summed E-state index contributed by atoms with van der Waals surface area (Å²) in [5.41, 5.74) is 3.96. The number of imidazole rings is 1. The summed E-state index contributed by atoms with van der Waals surface area (Å²) in [5, 5.41) is 18.5. The Kier molecular flexibility index (Phi) is 6.41. The number of aliphatic carboxylic acids is 1. The number of nitrogens with one attached hydrogen (secondary N) is 2. The van der Waals surface area contributed by atoms with Crippen molar-refractivity contribution in [2.45, 2.75) is 25.7 Å². The van der Waals surface area contributed by atoms with Crippen LogP contribution in [-0.4, -0.2) is 36.7 Å². The van der Waals surface area contributed by atoms with Gasteiger partial charge in [0, 0.05) is 35.6 Å². The molecular weight excluding hydrogens is 406 g/mol. The Hall–Kier alpha value is -4.20. The van der Waals surface area contributed by atoms with Gasteiger partial charge in [-0.1, -0.05) is 30.3 Å². The fourth-order valence-corrected chi connectivity index (χ4v) is 3.43. The molecule has 4 aromatic rings. The van der Waals surface area contributed by atoms with Crippen molar-refractivity contribution in [3.8, 4) is 16.8 Å². The molecule has 0 saturated carbocycles. The first-order valence-electron chi connectivity index (χ1n) is 10.4. The second-order valence-electron chi connectivity index (χ2n) is 7.38. The third-order valence-corrected chi connectivity index (χ3v) is 5.05. The van der Waals surface area contributed by atoms with E-state index in [-0.39, 0.29) is 12.3 Å². The average Bonchev–Trinajstić information content (AvgIpc) is 3.48. The van der Waals surface area contributed by atoms with Crippen molar-refractivity contribution in [1.82, 2.24) is 19.7 Å². The lowest BCUT2D eigenvalue weighted by Gasteiger charge is -2.09. The normalized spacial score (nSPS) is 10.8. The minimum atomic E-state index is -0.801. The highest BCUT2D eigenvalue weighted by Gasteiger charge is 2.15. The predicted molar refractivity (Wildman–Crippen MR) is 121 cm³/mol. The molecule has 0 aliphatic carbocycles. The Bertz CT molecular complexity index is 1200. The Morgan fingerprint density at radius 1 is 1.03 bits per heavy atom. The number of aromatic amines is 1. The lowest BCUT2D eigenvalue weighted by atomic mass is 10.1. The van der Waals surface area contributed by atoms with Crippen LogP contribution >= 0.6 is 0 Å². The fraction of sp³-hybridized carbons (Fsp3) is 0.167.